The lowest BCUT2D eigenvalue weighted by atomic mass is 10.2. The highest BCUT2D eigenvalue weighted by molar-refractivity contribution is 5.47. The quantitative estimate of drug-likeness (QED) is 0.810. The molecule has 0 radical (unpaired) electrons. The first kappa shape index (κ1) is 13.1. The smallest absolute Gasteiger partial charge is 0.122 e. The normalized spacial score (nSPS) is 10.0. The second kappa shape index (κ2) is 6.00. The lowest BCUT2D eigenvalue weighted by molar-refractivity contribution is 0.393. The summed E-state index contributed by atoms with van der Waals surface area (Å²) in [6.07, 6.45) is 0. The Morgan fingerprint density at radius 1 is 0.947 bits per heavy atom. The average molecular weight is 259 g/mol. The fourth-order valence-electron chi connectivity index (χ4n) is 1.75. The summed E-state index contributed by atoms with van der Waals surface area (Å²) in [5, 5.41) is 12.5. The van der Waals surface area contributed by atoms with E-state index in [1.54, 1.807) is 26.4 Å². The summed E-state index contributed by atoms with van der Waals surface area (Å²) in [6.45, 7) is 0.651. The molecule has 0 aromatic heterocycles. The van der Waals surface area contributed by atoms with Crippen LogP contribution in [0.2, 0.25) is 0 Å². The molecule has 2 rings (SSSR count). The summed E-state index contributed by atoms with van der Waals surface area (Å²) < 4.78 is 10.4. The maximum absolute atomic E-state index is 9.22. The molecule has 0 aliphatic carbocycles. The topological polar surface area (TPSA) is 50.7 Å². The van der Waals surface area contributed by atoms with E-state index in [4.69, 9.17) is 9.47 Å². The molecule has 2 N–H and O–H groups in total. The van der Waals surface area contributed by atoms with Gasteiger partial charge in [0.15, 0.2) is 0 Å². The van der Waals surface area contributed by atoms with Crippen LogP contribution in [0.3, 0.4) is 0 Å². The second-order valence-corrected chi connectivity index (χ2v) is 4.12. The first-order valence-electron chi connectivity index (χ1n) is 5.96. The molecule has 0 heterocycles. The Hall–Kier alpha value is -2.36. The molecular weight excluding hydrogens is 242 g/mol. The van der Waals surface area contributed by atoms with Crippen molar-refractivity contribution in [2.45, 2.75) is 6.54 Å². The molecule has 0 fully saturated rings. The molecule has 0 bridgehead atoms. The highest BCUT2D eigenvalue weighted by atomic mass is 16.5. The van der Waals surface area contributed by atoms with Gasteiger partial charge < -0.3 is 19.9 Å². The number of anilines is 1. The van der Waals surface area contributed by atoms with Gasteiger partial charge in [-0.25, -0.2) is 0 Å². The number of ether oxygens (including phenoxy) is 2. The third-order valence-electron chi connectivity index (χ3n) is 2.78. The van der Waals surface area contributed by atoms with E-state index >= 15 is 0 Å². The fraction of sp³-hybridized carbons (Fsp3) is 0.200. The second-order valence-electron chi connectivity index (χ2n) is 4.12. The van der Waals surface area contributed by atoms with Crippen molar-refractivity contribution >= 4 is 5.69 Å². The van der Waals surface area contributed by atoms with Crippen molar-refractivity contribution in [3.63, 3.8) is 0 Å². The van der Waals surface area contributed by atoms with Crippen LogP contribution in [0.15, 0.2) is 42.5 Å². The van der Waals surface area contributed by atoms with Crippen molar-refractivity contribution in [3.8, 4) is 17.2 Å². The lowest BCUT2D eigenvalue weighted by Crippen LogP contribution is -2.00. The molecule has 4 heteroatoms. The number of aromatic hydroxyl groups is 1. The summed E-state index contributed by atoms with van der Waals surface area (Å²) in [7, 11) is 3.26. The van der Waals surface area contributed by atoms with Crippen molar-refractivity contribution in [1.82, 2.24) is 0 Å². The molecule has 0 aliphatic heterocycles. The summed E-state index contributed by atoms with van der Waals surface area (Å²) in [5.74, 6) is 1.79. The van der Waals surface area contributed by atoms with Crippen LogP contribution in [-0.2, 0) is 6.54 Å². The maximum atomic E-state index is 9.22. The summed E-state index contributed by atoms with van der Waals surface area (Å²) in [4.78, 5) is 0. The molecule has 19 heavy (non-hydrogen) atoms. The van der Waals surface area contributed by atoms with Gasteiger partial charge in [0.1, 0.15) is 17.2 Å². The minimum absolute atomic E-state index is 0.258. The third-order valence-corrected chi connectivity index (χ3v) is 2.78. The van der Waals surface area contributed by atoms with Crippen LogP contribution >= 0.6 is 0 Å². The van der Waals surface area contributed by atoms with Crippen LogP contribution in [-0.4, -0.2) is 19.3 Å². The van der Waals surface area contributed by atoms with Crippen molar-refractivity contribution in [2.75, 3.05) is 19.5 Å². The number of nitrogens with one attached hydrogen (secondary N) is 1. The SMILES string of the molecule is COc1cc(CNc2ccc(O)cc2)cc(OC)c1. The van der Waals surface area contributed by atoms with Gasteiger partial charge in [-0.15, -0.1) is 0 Å². The van der Waals surface area contributed by atoms with E-state index in [9.17, 15) is 5.11 Å². The minimum Gasteiger partial charge on any atom is -0.508 e. The molecule has 0 unspecified atom stereocenters. The van der Waals surface area contributed by atoms with Crippen LogP contribution in [0, 0.1) is 0 Å². The van der Waals surface area contributed by atoms with Crippen molar-refractivity contribution in [3.05, 3.63) is 48.0 Å². The van der Waals surface area contributed by atoms with Gasteiger partial charge in [-0.1, -0.05) is 0 Å². The molecule has 0 atom stereocenters. The molecule has 0 amide bonds. The summed E-state index contributed by atoms with van der Waals surface area (Å²) in [6, 6.07) is 12.7. The average Bonchev–Trinajstić information content (AvgIpc) is 2.46. The van der Waals surface area contributed by atoms with Gasteiger partial charge in [0.25, 0.3) is 0 Å². The van der Waals surface area contributed by atoms with Crippen molar-refractivity contribution in [1.29, 1.82) is 0 Å². The molecule has 100 valence electrons. The van der Waals surface area contributed by atoms with E-state index in [0.717, 1.165) is 22.7 Å². The number of hydrogen-bond donors (Lipinski definition) is 2. The Morgan fingerprint density at radius 2 is 1.53 bits per heavy atom. The number of hydrogen-bond acceptors (Lipinski definition) is 4. The van der Waals surface area contributed by atoms with Gasteiger partial charge in [0, 0.05) is 18.3 Å². The Balaban J connectivity index is 2.08. The number of phenolic OH excluding ortho intramolecular Hbond substituents is 1. The van der Waals surface area contributed by atoms with Crippen LogP contribution < -0.4 is 14.8 Å². The van der Waals surface area contributed by atoms with E-state index in [1.807, 2.05) is 30.3 Å². The first-order chi connectivity index (χ1) is 9.21. The molecule has 0 aliphatic rings. The molecule has 4 nitrogen and oxygen atoms in total. The van der Waals surface area contributed by atoms with E-state index in [1.165, 1.54) is 0 Å². The lowest BCUT2D eigenvalue weighted by Gasteiger charge is -2.10. The Morgan fingerprint density at radius 3 is 2.05 bits per heavy atom. The van der Waals surface area contributed by atoms with Crippen LogP contribution in [0.4, 0.5) is 5.69 Å². The minimum atomic E-state index is 0.258. The number of methoxy groups -OCH3 is 2. The van der Waals surface area contributed by atoms with E-state index in [-0.39, 0.29) is 5.75 Å². The number of benzene rings is 2. The first-order valence-corrected chi connectivity index (χ1v) is 5.96. The number of rotatable bonds is 5. The Labute approximate surface area is 112 Å². The van der Waals surface area contributed by atoms with Crippen LogP contribution in [0.1, 0.15) is 5.56 Å². The van der Waals surface area contributed by atoms with E-state index < -0.39 is 0 Å². The van der Waals surface area contributed by atoms with E-state index in [0.29, 0.717) is 6.54 Å². The predicted octanol–water partition coefficient (Wildman–Crippen LogP) is 3.02. The van der Waals surface area contributed by atoms with Crippen molar-refractivity contribution < 1.29 is 14.6 Å². The zero-order valence-electron chi connectivity index (χ0n) is 11.0. The molecule has 0 spiro atoms. The zero-order chi connectivity index (χ0) is 13.7. The largest absolute Gasteiger partial charge is 0.508 e. The van der Waals surface area contributed by atoms with Gasteiger partial charge in [-0.3, -0.25) is 0 Å². The van der Waals surface area contributed by atoms with Crippen molar-refractivity contribution in [2.24, 2.45) is 0 Å². The third kappa shape index (κ3) is 3.55. The van der Waals surface area contributed by atoms with E-state index in [2.05, 4.69) is 5.32 Å². The Bertz CT molecular complexity index is 515. The van der Waals surface area contributed by atoms with Crippen LogP contribution in [0.25, 0.3) is 0 Å². The van der Waals surface area contributed by atoms with Gasteiger partial charge in [-0.2, -0.15) is 0 Å². The highest BCUT2D eigenvalue weighted by Gasteiger charge is 2.02. The van der Waals surface area contributed by atoms with Gasteiger partial charge in [-0.05, 0) is 42.0 Å². The number of phenols is 1. The van der Waals surface area contributed by atoms with Gasteiger partial charge in [0.2, 0.25) is 0 Å². The van der Waals surface area contributed by atoms with Gasteiger partial charge in [0.05, 0.1) is 14.2 Å². The fourth-order valence-corrected chi connectivity index (χ4v) is 1.75. The summed E-state index contributed by atoms with van der Waals surface area (Å²) in [5.41, 5.74) is 2.00. The molecule has 2 aromatic carbocycles. The Kier molecular flexibility index (Phi) is 4.13. The van der Waals surface area contributed by atoms with Crippen LogP contribution in [0.5, 0.6) is 17.2 Å². The monoisotopic (exact) mass is 259 g/mol. The highest BCUT2D eigenvalue weighted by Crippen LogP contribution is 2.23. The molecule has 2 aromatic rings. The predicted molar refractivity (Wildman–Crippen MR) is 75.0 cm³/mol. The van der Waals surface area contributed by atoms with Gasteiger partial charge >= 0.3 is 0 Å². The maximum Gasteiger partial charge on any atom is 0.122 e. The molecule has 0 saturated carbocycles. The zero-order valence-corrected chi connectivity index (χ0v) is 11.0. The molecule has 0 saturated heterocycles. The molecular formula is C15H17NO3. The summed E-state index contributed by atoms with van der Waals surface area (Å²) >= 11 is 0. The standard InChI is InChI=1S/C15H17NO3/c1-18-14-7-11(8-15(9-14)19-2)10-16-12-3-5-13(17)6-4-12/h3-9,16-17H,10H2,1-2H3.